The van der Waals surface area contributed by atoms with Gasteiger partial charge in [0.2, 0.25) is 0 Å². The highest BCUT2D eigenvalue weighted by Crippen LogP contribution is 2.45. The second-order valence-electron chi connectivity index (χ2n) is 11.7. The molecule has 6 rings (SSSR count). The van der Waals surface area contributed by atoms with E-state index in [-0.39, 0.29) is 18.2 Å². The number of sulfone groups is 1. The maximum atomic E-state index is 13.6. The minimum atomic E-state index is -3.35. The van der Waals surface area contributed by atoms with Crippen molar-refractivity contribution in [3.8, 4) is 11.5 Å². The Kier molecular flexibility index (Phi) is 10.6. The molecule has 1 aliphatic heterocycles. The molecule has 1 atom stereocenters. The van der Waals surface area contributed by atoms with E-state index in [1.54, 1.807) is 68.0 Å². The summed E-state index contributed by atoms with van der Waals surface area (Å²) in [4.78, 5) is 9.35. The molecule has 0 aliphatic carbocycles. The maximum absolute atomic E-state index is 13.6. The van der Waals surface area contributed by atoms with Crippen molar-refractivity contribution in [3.05, 3.63) is 126 Å². The molecule has 2 N–H and O–H groups in total. The van der Waals surface area contributed by atoms with Crippen molar-refractivity contribution in [3.63, 3.8) is 0 Å². The molecular weight excluding hydrogens is 667 g/mol. The van der Waals surface area contributed by atoms with Crippen molar-refractivity contribution in [1.82, 2.24) is 15.3 Å². The van der Waals surface area contributed by atoms with Crippen LogP contribution in [0.15, 0.2) is 108 Å². The van der Waals surface area contributed by atoms with Crippen LogP contribution >= 0.6 is 11.6 Å². The van der Waals surface area contributed by atoms with E-state index in [2.05, 4.69) is 20.6 Å². The molecule has 1 aromatic heterocycles. The Hall–Kier alpha value is -4.71. The molecule has 2 heterocycles. The normalized spacial score (nSPS) is 15.7. The van der Waals surface area contributed by atoms with Gasteiger partial charge in [0, 0.05) is 35.7 Å². The predicted octanol–water partition coefficient (Wildman–Crippen LogP) is 7.73. The number of aromatic nitrogens is 2. The summed E-state index contributed by atoms with van der Waals surface area (Å²) in [6.07, 6.45) is 7.21. The van der Waals surface area contributed by atoms with Gasteiger partial charge < -0.3 is 24.8 Å². The zero-order valence-electron chi connectivity index (χ0n) is 26.9. The molecule has 0 amide bonds. The summed E-state index contributed by atoms with van der Waals surface area (Å²) in [5.74, 6) is 1.38. The number of fused-ring (bicyclic) bond motifs is 1. The van der Waals surface area contributed by atoms with Gasteiger partial charge in [-0.1, -0.05) is 41.9 Å². The van der Waals surface area contributed by atoms with E-state index in [1.165, 1.54) is 18.5 Å². The molecule has 12 heteroatoms. The molecule has 0 bridgehead atoms. The zero-order valence-corrected chi connectivity index (χ0v) is 28.4. The highest BCUT2D eigenvalue weighted by Gasteiger charge is 2.38. The minimum Gasteiger partial charge on any atom is -0.496 e. The fraction of sp³-hybridized carbons (Fsp3) is 0.243. The maximum Gasteiger partial charge on any atom is 0.179 e. The molecule has 5 aromatic rings. The third-order valence-electron chi connectivity index (χ3n) is 8.35. The van der Waals surface area contributed by atoms with E-state index in [1.807, 2.05) is 24.3 Å². The molecule has 4 aromatic carbocycles. The molecule has 49 heavy (non-hydrogen) atoms. The number of ether oxygens (including phenoxy) is 3. The molecule has 9 nitrogen and oxygen atoms in total. The second kappa shape index (κ2) is 15.2. The van der Waals surface area contributed by atoms with E-state index in [0.29, 0.717) is 69.9 Å². The first-order valence-corrected chi connectivity index (χ1v) is 17.9. The Morgan fingerprint density at radius 1 is 0.980 bits per heavy atom. The van der Waals surface area contributed by atoms with Crippen LogP contribution in [0.3, 0.4) is 0 Å². The molecule has 254 valence electrons. The number of hydrogen-bond donors (Lipinski definition) is 2. The predicted molar refractivity (Wildman–Crippen MR) is 189 cm³/mol. The number of benzene rings is 4. The first-order chi connectivity index (χ1) is 23.8. The van der Waals surface area contributed by atoms with Gasteiger partial charge in [-0.05, 0) is 79.6 Å². The van der Waals surface area contributed by atoms with Crippen molar-refractivity contribution >= 4 is 43.8 Å². The lowest BCUT2D eigenvalue weighted by Gasteiger charge is -2.31. The minimum absolute atomic E-state index is 0.0182. The summed E-state index contributed by atoms with van der Waals surface area (Å²) in [7, 11) is -1.73. The molecular formula is C37H36ClFN4O5S. The van der Waals surface area contributed by atoms with Crippen molar-refractivity contribution < 1.29 is 27.0 Å². The van der Waals surface area contributed by atoms with Gasteiger partial charge in [0.25, 0.3) is 0 Å². The Morgan fingerprint density at radius 2 is 1.84 bits per heavy atom. The Labute approximate surface area is 290 Å². The number of nitrogens with zero attached hydrogens (tertiary/aromatic N) is 2. The van der Waals surface area contributed by atoms with Crippen LogP contribution in [0.1, 0.15) is 30.4 Å². The van der Waals surface area contributed by atoms with E-state index in [9.17, 15) is 12.8 Å². The monoisotopic (exact) mass is 702 g/mol. The Bertz CT molecular complexity index is 2060. The summed E-state index contributed by atoms with van der Waals surface area (Å²) < 4.78 is 56.8. The lowest BCUT2D eigenvalue weighted by Crippen LogP contribution is -2.29. The summed E-state index contributed by atoms with van der Waals surface area (Å²) in [6, 6.07) is 23.9. The zero-order chi connectivity index (χ0) is 34.3. The highest BCUT2D eigenvalue weighted by atomic mass is 35.5. The standard InChI is InChI=1S/C37H36ClFN4O5S/c1-46-35-23-33-30(36(42-25-41-33)43-28-12-13-34(32(38)21-28)47-24-26-8-5-9-27(39)20-26)22-31(35)37(15-7-18-48-37)14-6-16-40-17-19-49(44,45)29-10-3-2-4-11-29/h2-5,7-13,18,20-23,25,40H,6,14-17,19,24H2,1H3,(H,41,42,43). The van der Waals surface area contributed by atoms with E-state index >= 15 is 0 Å². The molecule has 0 fully saturated rings. The largest absolute Gasteiger partial charge is 0.496 e. The lowest BCUT2D eigenvalue weighted by molar-refractivity contribution is 0.0284. The summed E-state index contributed by atoms with van der Waals surface area (Å²) in [6.45, 7) is 1.14. The van der Waals surface area contributed by atoms with Gasteiger partial charge in [-0.2, -0.15) is 0 Å². The number of nitrogens with one attached hydrogen (secondary N) is 2. The van der Waals surface area contributed by atoms with E-state index in [4.69, 9.17) is 25.8 Å². The van der Waals surface area contributed by atoms with Gasteiger partial charge in [-0.25, -0.2) is 22.8 Å². The summed E-state index contributed by atoms with van der Waals surface area (Å²) in [5, 5.41) is 7.78. The van der Waals surface area contributed by atoms with Crippen molar-refractivity contribution in [1.29, 1.82) is 0 Å². The fourth-order valence-corrected chi connectivity index (χ4v) is 7.29. The summed E-state index contributed by atoms with van der Waals surface area (Å²) in [5.41, 5.74) is 2.24. The van der Waals surface area contributed by atoms with Crippen LogP contribution in [0, 0.1) is 5.82 Å². The van der Waals surface area contributed by atoms with Gasteiger partial charge in [0.05, 0.1) is 34.6 Å². The van der Waals surface area contributed by atoms with Gasteiger partial charge in [-0.3, -0.25) is 0 Å². The number of methoxy groups -OCH3 is 1. The SMILES string of the molecule is COc1cc2ncnc(Nc3ccc(OCc4cccc(F)c4)c(Cl)c3)c2cc1C1(CCCNCCS(=O)(=O)c2ccccc2)CC=CO1. The van der Waals surface area contributed by atoms with Crippen LogP contribution in [0.25, 0.3) is 10.9 Å². The second-order valence-corrected chi connectivity index (χ2v) is 14.2. The Balaban J connectivity index is 1.15. The van der Waals surface area contributed by atoms with Crippen LogP contribution in [0.5, 0.6) is 11.5 Å². The summed E-state index contributed by atoms with van der Waals surface area (Å²) >= 11 is 6.56. The quantitative estimate of drug-likeness (QED) is 0.106. The van der Waals surface area contributed by atoms with Crippen molar-refractivity contribution in [2.24, 2.45) is 0 Å². The third-order valence-corrected chi connectivity index (χ3v) is 10.4. The first-order valence-electron chi connectivity index (χ1n) is 15.8. The van der Waals surface area contributed by atoms with Crippen molar-refractivity contribution in [2.45, 2.75) is 36.4 Å². The highest BCUT2D eigenvalue weighted by molar-refractivity contribution is 7.91. The molecule has 0 saturated carbocycles. The number of hydrogen-bond acceptors (Lipinski definition) is 9. The van der Waals surface area contributed by atoms with Crippen LogP contribution in [0.4, 0.5) is 15.9 Å². The lowest BCUT2D eigenvalue weighted by atomic mass is 9.85. The third kappa shape index (κ3) is 8.13. The number of rotatable bonds is 15. The molecule has 1 unspecified atom stereocenters. The van der Waals surface area contributed by atoms with Crippen molar-refractivity contribution in [2.75, 3.05) is 31.3 Å². The average Bonchev–Trinajstić information content (AvgIpc) is 3.59. The molecule has 1 aliphatic rings. The fourth-order valence-electron chi connectivity index (χ4n) is 5.84. The van der Waals surface area contributed by atoms with Crippen LogP contribution in [-0.2, 0) is 26.8 Å². The van der Waals surface area contributed by atoms with Gasteiger partial charge >= 0.3 is 0 Å². The van der Waals surface area contributed by atoms with Crippen LogP contribution in [0.2, 0.25) is 5.02 Å². The number of halogens is 2. The molecule has 0 spiro atoms. The van der Waals surface area contributed by atoms with Crippen LogP contribution < -0.4 is 20.1 Å². The first kappa shape index (κ1) is 34.2. The molecule has 0 radical (unpaired) electrons. The van der Waals surface area contributed by atoms with E-state index in [0.717, 1.165) is 17.4 Å². The molecule has 0 saturated heterocycles. The Morgan fingerprint density at radius 3 is 2.59 bits per heavy atom. The smallest absolute Gasteiger partial charge is 0.179 e. The number of anilines is 2. The topological polar surface area (TPSA) is 112 Å². The van der Waals surface area contributed by atoms with Gasteiger partial charge in [-0.15, -0.1) is 0 Å². The van der Waals surface area contributed by atoms with Crippen LogP contribution in [-0.4, -0.2) is 44.3 Å². The average molecular weight is 703 g/mol. The van der Waals surface area contributed by atoms with Gasteiger partial charge in [0.15, 0.2) is 9.84 Å². The van der Waals surface area contributed by atoms with E-state index < -0.39 is 15.4 Å². The van der Waals surface area contributed by atoms with Gasteiger partial charge in [0.1, 0.15) is 41.7 Å².